The molecule has 1 aliphatic heterocycles. The van der Waals surface area contributed by atoms with Crippen LogP contribution in [0.5, 0.6) is 0 Å². The minimum absolute atomic E-state index is 0.392. The molecule has 2 fully saturated rings. The van der Waals surface area contributed by atoms with E-state index in [4.69, 9.17) is 0 Å². The van der Waals surface area contributed by atoms with E-state index < -0.39 is 11.7 Å². The van der Waals surface area contributed by atoms with Crippen molar-refractivity contribution in [3.63, 3.8) is 0 Å². The number of hydrogen-bond donors (Lipinski definition) is 2. The molecule has 0 bridgehead atoms. The molecule has 1 saturated heterocycles. The summed E-state index contributed by atoms with van der Waals surface area (Å²) < 4.78 is 1.03. The van der Waals surface area contributed by atoms with Gasteiger partial charge in [0, 0.05) is 23.5 Å². The maximum Gasteiger partial charge on any atom is 0.0762 e. The molecule has 1 heterocycles. The number of benzene rings is 1. The van der Waals surface area contributed by atoms with Crippen LogP contribution in [-0.4, -0.2) is 28.9 Å². The van der Waals surface area contributed by atoms with Crippen molar-refractivity contribution in [3.8, 4) is 0 Å². The summed E-state index contributed by atoms with van der Waals surface area (Å²) in [5.74, 6) is 0.392. The fraction of sp³-hybridized carbons (Fsp3) is 0.647. The Morgan fingerprint density at radius 2 is 2.14 bits per heavy atom. The van der Waals surface area contributed by atoms with Gasteiger partial charge in [0.05, 0.1) is 17.4 Å². The fourth-order valence-electron chi connectivity index (χ4n) is 3.83. The van der Waals surface area contributed by atoms with E-state index in [2.05, 4.69) is 26.9 Å². The van der Waals surface area contributed by atoms with Crippen LogP contribution in [0.4, 0.5) is 5.69 Å². The summed E-state index contributed by atoms with van der Waals surface area (Å²) >= 11 is 3.64. The largest absolute Gasteiger partial charge is 0.389 e. The summed E-state index contributed by atoms with van der Waals surface area (Å²) in [5, 5.41) is 20.4. The lowest BCUT2D eigenvalue weighted by Crippen LogP contribution is -2.53. The van der Waals surface area contributed by atoms with Gasteiger partial charge in [-0.3, -0.25) is 0 Å². The molecule has 0 amide bonds. The lowest BCUT2D eigenvalue weighted by Gasteiger charge is -2.48. The second-order valence-corrected chi connectivity index (χ2v) is 7.48. The maximum atomic E-state index is 10.8. The normalized spacial score (nSPS) is 30.9. The van der Waals surface area contributed by atoms with Gasteiger partial charge in [0.2, 0.25) is 0 Å². The minimum Gasteiger partial charge on any atom is -0.389 e. The van der Waals surface area contributed by atoms with Crippen LogP contribution in [0.3, 0.4) is 0 Å². The summed E-state index contributed by atoms with van der Waals surface area (Å²) in [6.07, 6.45) is 4.93. The number of piperidine rings is 1. The molecule has 3 nitrogen and oxygen atoms in total. The first-order chi connectivity index (χ1) is 9.99. The van der Waals surface area contributed by atoms with Gasteiger partial charge in [0.25, 0.3) is 0 Å². The zero-order valence-corrected chi connectivity index (χ0v) is 14.1. The number of anilines is 1. The summed E-state index contributed by atoms with van der Waals surface area (Å²) in [7, 11) is 0. The topological polar surface area (TPSA) is 43.7 Å². The van der Waals surface area contributed by atoms with E-state index in [1.54, 1.807) is 6.92 Å². The van der Waals surface area contributed by atoms with Gasteiger partial charge in [0.1, 0.15) is 0 Å². The summed E-state index contributed by atoms with van der Waals surface area (Å²) in [5.41, 5.74) is 1.67. The van der Waals surface area contributed by atoms with E-state index in [9.17, 15) is 10.2 Å². The summed E-state index contributed by atoms with van der Waals surface area (Å²) in [6.45, 7) is 3.62. The highest BCUT2D eigenvalue weighted by Gasteiger charge is 2.42. The maximum absolute atomic E-state index is 10.8. The first-order valence-electron chi connectivity index (χ1n) is 7.94. The van der Waals surface area contributed by atoms with Gasteiger partial charge in [-0.2, -0.15) is 0 Å². The van der Waals surface area contributed by atoms with Gasteiger partial charge in [-0.15, -0.1) is 0 Å². The van der Waals surface area contributed by atoms with Crippen LogP contribution in [0, 0.1) is 5.92 Å². The third-order valence-electron chi connectivity index (χ3n) is 5.22. The molecule has 2 aliphatic rings. The third kappa shape index (κ3) is 2.99. The van der Waals surface area contributed by atoms with Gasteiger partial charge >= 0.3 is 0 Å². The Bertz CT molecular complexity index is 520. The predicted octanol–water partition coefficient (Wildman–Crippen LogP) is 3.63. The van der Waals surface area contributed by atoms with Crippen LogP contribution in [-0.2, 0) is 0 Å². The lowest BCUT2D eigenvalue weighted by atomic mass is 9.71. The van der Waals surface area contributed by atoms with Gasteiger partial charge in [-0.05, 0) is 59.8 Å². The van der Waals surface area contributed by atoms with E-state index >= 15 is 0 Å². The van der Waals surface area contributed by atoms with Crippen molar-refractivity contribution in [1.29, 1.82) is 0 Å². The number of fused-ring (bicyclic) bond motifs is 1. The number of hydrogen-bond acceptors (Lipinski definition) is 3. The zero-order chi connectivity index (χ0) is 15.0. The Hall–Kier alpha value is -0.580. The molecule has 0 radical (unpaired) electrons. The Morgan fingerprint density at radius 3 is 2.86 bits per heavy atom. The highest BCUT2D eigenvalue weighted by atomic mass is 79.9. The van der Waals surface area contributed by atoms with Crippen LogP contribution in [0.25, 0.3) is 0 Å². The van der Waals surface area contributed by atoms with Gasteiger partial charge < -0.3 is 15.1 Å². The van der Waals surface area contributed by atoms with Crippen LogP contribution >= 0.6 is 15.9 Å². The second-order valence-electron chi connectivity index (χ2n) is 6.63. The Kier molecular flexibility index (Phi) is 4.30. The molecule has 1 aromatic rings. The first kappa shape index (κ1) is 15.3. The average molecular weight is 354 g/mol. The smallest absolute Gasteiger partial charge is 0.0762 e. The molecule has 1 aromatic carbocycles. The van der Waals surface area contributed by atoms with E-state index in [-0.39, 0.29) is 0 Å². The number of halogens is 1. The van der Waals surface area contributed by atoms with Crippen molar-refractivity contribution in [1.82, 2.24) is 0 Å². The monoisotopic (exact) mass is 353 g/mol. The molecule has 1 aliphatic carbocycles. The van der Waals surface area contributed by atoms with E-state index in [1.807, 2.05) is 12.1 Å². The molecule has 21 heavy (non-hydrogen) atoms. The van der Waals surface area contributed by atoms with E-state index in [0.717, 1.165) is 42.4 Å². The number of nitrogens with zero attached hydrogens (tertiary/aromatic N) is 1. The molecule has 2 unspecified atom stereocenters. The Labute approximate surface area is 135 Å². The third-order valence-corrected chi connectivity index (χ3v) is 5.86. The number of aliphatic hydroxyl groups excluding tert-OH is 1. The molecule has 2 N–H and O–H groups in total. The molecule has 0 aromatic heterocycles. The average Bonchev–Trinajstić information content (AvgIpc) is 2.46. The van der Waals surface area contributed by atoms with E-state index in [0.29, 0.717) is 5.92 Å². The molecule has 0 spiro atoms. The summed E-state index contributed by atoms with van der Waals surface area (Å²) in [6, 6.07) is 6.08. The number of aliphatic hydroxyl groups is 2. The van der Waals surface area contributed by atoms with E-state index in [1.165, 1.54) is 18.5 Å². The van der Waals surface area contributed by atoms with Crippen LogP contribution in [0.1, 0.15) is 50.7 Å². The zero-order valence-electron chi connectivity index (χ0n) is 12.6. The molecule has 116 valence electrons. The van der Waals surface area contributed by atoms with Gasteiger partial charge in [-0.1, -0.05) is 18.9 Å². The molecule has 1 saturated carbocycles. The quantitative estimate of drug-likeness (QED) is 0.852. The fourth-order valence-corrected chi connectivity index (χ4v) is 4.48. The Balaban J connectivity index is 1.79. The van der Waals surface area contributed by atoms with Crippen molar-refractivity contribution in [2.45, 2.75) is 50.7 Å². The first-order valence-corrected chi connectivity index (χ1v) is 8.74. The lowest BCUT2D eigenvalue weighted by molar-refractivity contribution is -0.0612. The highest BCUT2D eigenvalue weighted by molar-refractivity contribution is 9.10. The Morgan fingerprint density at radius 1 is 1.33 bits per heavy atom. The standard InChI is InChI=1S/C17H24BrNO2/c1-12(20)13-5-6-16(15(18)10-13)19-9-8-17(21)7-3-2-4-14(17)11-19/h5-6,10,12,14,20-21H,2-4,7-9,11H2,1H3/t12-,14?,17?/m1/s1. The minimum atomic E-state index is -0.444. The predicted molar refractivity (Wildman–Crippen MR) is 88.5 cm³/mol. The highest BCUT2D eigenvalue weighted by Crippen LogP contribution is 2.42. The van der Waals surface area contributed by atoms with Crippen molar-refractivity contribution >= 4 is 21.6 Å². The van der Waals surface area contributed by atoms with Gasteiger partial charge in [0.15, 0.2) is 0 Å². The van der Waals surface area contributed by atoms with Crippen molar-refractivity contribution in [2.75, 3.05) is 18.0 Å². The molecular weight excluding hydrogens is 330 g/mol. The molecule has 3 rings (SSSR count). The molecule has 4 heteroatoms. The van der Waals surface area contributed by atoms with Gasteiger partial charge in [-0.25, -0.2) is 0 Å². The van der Waals surface area contributed by atoms with Crippen molar-refractivity contribution in [3.05, 3.63) is 28.2 Å². The number of rotatable bonds is 2. The summed E-state index contributed by atoms with van der Waals surface area (Å²) in [4.78, 5) is 2.38. The van der Waals surface area contributed by atoms with Crippen LogP contribution in [0.2, 0.25) is 0 Å². The second kappa shape index (κ2) is 5.90. The molecular formula is C17H24BrNO2. The van der Waals surface area contributed by atoms with Crippen molar-refractivity contribution < 1.29 is 10.2 Å². The van der Waals surface area contributed by atoms with Crippen LogP contribution < -0.4 is 4.90 Å². The van der Waals surface area contributed by atoms with Crippen LogP contribution in [0.15, 0.2) is 22.7 Å². The molecule has 3 atom stereocenters. The van der Waals surface area contributed by atoms with Crippen molar-refractivity contribution in [2.24, 2.45) is 5.92 Å². The SMILES string of the molecule is C[C@@H](O)c1ccc(N2CCC3(O)CCCCC3C2)c(Br)c1.